The van der Waals surface area contributed by atoms with E-state index in [1.54, 1.807) is 0 Å². The van der Waals surface area contributed by atoms with E-state index < -0.39 is 5.97 Å². The van der Waals surface area contributed by atoms with Gasteiger partial charge in [0.15, 0.2) is 6.61 Å². The third kappa shape index (κ3) is 3.87. The Labute approximate surface area is 90.1 Å². The summed E-state index contributed by atoms with van der Waals surface area (Å²) in [7, 11) is 0. The van der Waals surface area contributed by atoms with E-state index in [1.165, 1.54) is 0 Å². The molecule has 0 bridgehead atoms. The zero-order valence-electron chi connectivity index (χ0n) is 7.40. The maximum atomic E-state index is 10.9. The number of rotatable bonds is 4. The summed E-state index contributed by atoms with van der Waals surface area (Å²) in [5, 5.41) is 0. The number of carbonyl (C=O) groups excluding carboxylic acids is 1. The van der Waals surface area contributed by atoms with Gasteiger partial charge in [0.25, 0.3) is 0 Å². The number of hydrogen-bond acceptors (Lipinski definition) is 4. The van der Waals surface area contributed by atoms with E-state index in [9.17, 15) is 4.79 Å². The number of halogens is 1. The van der Waals surface area contributed by atoms with Crippen LogP contribution in [0, 0.1) is 0 Å². The molecular weight excluding hydrogens is 250 g/mol. The molecule has 0 radical (unpaired) electrons. The fourth-order valence-electron chi connectivity index (χ4n) is 0.900. The Bertz CT molecular complexity index is 317. The predicted molar refractivity (Wildman–Crippen MR) is 54.1 cm³/mol. The highest BCUT2D eigenvalue weighted by Crippen LogP contribution is 2.12. The summed E-state index contributed by atoms with van der Waals surface area (Å²) < 4.78 is 5.80. The van der Waals surface area contributed by atoms with E-state index in [0.717, 1.165) is 10.0 Å². The number of nitrogens with two attached hydrogens (primary N) is 1. The lowest BCUT2D eigenvalue weighted by Gasteiger charge is -2.03. The summed E-state index contributed by atoms with van der Waals surface area (Å²) in [5.41, 5.74) is 0.907. The third-order valence-electron chi connectivity index (χ3n) is 1.49. The summed E-state index contributed by atoms with van der Waals surface area (Å²) in [5.74, 6) is 4.23. The molecule has 0 unspecified atom stereocenters. The number of carbonyl (C=O) groups is 1. The maximum absolute atomic E-state index is 10.9. The van der Waals surface area contributed by atoms with E-state index in [-0.39, 0.29) is 13.2 Å². The smallest absolute Gasteiger partial charge is 0.334 e. The first-order valence-electron chi connectivity index (χ1n) is 3.94. The van der Waals surface area contributed by atoms with Crippen LogP contribution in [0.1, 0.15) is 5.56 Å². The molecule has 0 heterocycles. The molecule has 14 heavy (non-hydrogen) atoms. The topological polar surface area (TPSA) is 61.5 Å². The van der Waals surface area contributed by atoms with Crippen molar-refractivity contribution >= 4 is 21.9 Å². The van der Waals surface area contributed by atoms with Gasteiger partial charge >= 0.3 is 5.97 Å². The van der Waals surface area contributed by atoms with Crippen molar-refractivity contribution in [3.63, 3.8) is 0 Å². The highest BCUT2D eigenvalue weighted by atomic mass is 79.9. The number of benzene rings is 1. The molecule has 0 aliphatic carbocycles. The normalized spacial score (nSPS) is 9.86. The molecule has 0 aliphatic rings. The minimum absolute atomic E-state index is 0.224. The lowest BCUT2D eigenvalue weighted by atomic mass is 10.2. The number of esters is 1. The van der Waals surface area contributed by atoms with Crippen LogP contribution in [0.15, 0.2) is 28.7 Å². The van der Waals surface area contributed by atoms with Crippen molar-refractivity contribution in [2.75, 3.05) is 6.61 Å². The Kier molecular flexibility index (Phi) is 4.58. The van der Waals surface area contributed by atoms with Gasteiger partial charge in [-0.2, -0.15) is 0 Å². The molecule has 0 saturated carbocycles. The average Bonchev–Trinajstić information content (AvgIpc) is 2.15. The van der Waals surface area contributed by atoms with Crippen molar-refractivity contribution in [1.29, 1.82) is 0 Å². The van der Waals surface area contributed by atoms with Crippen LogP contribution in [0.3, 0.4) is 0 Å². The average molecular weight is 260 g/mol. The SMILES string of the molecule is NOCC(=O)OCc1cccc(Br)c1. The molecule has 1 aromatic carbocycles. The molecule has 4 nitrogen and oxygen atoms in total. The summed E-state index contributed by atoms with van der Waals surface area (Å²) in [6.07, 6.45) is 0. The number of hydrogen-bond donors (Lipinski definition) is 1. The van der Waals surface area contributed by atoms with Gasteiger partial charge < -0.3 is 4.74 Å². The van der Waals surface area contributed by atoms with Gasteiger partial charge in [-0.3, -0.25) is 4.84 Å². The molecule has 0 amide bonds. The fraction of sp³-hybridized carbons (Fsp3) is 0.222. The highest BCUT2D eigenvalue weighted by molar-refractivity contribution is 9.10. The van der Waals surface area contributed by atoms with Gasteiger partial charge in [-0.25, -0.2) is 10.7 Å². The minimum Gasteiger partial charge on any atom is -0.459 e. The van der Waals surface area contributed by atoms with Crippen LogP contribution in [0.2, 0.25) is 0 Å². The molecule has 0 saturated heterocycles. The molecule has 5 heteroatoms. The second kappa shape index (κ2) is 5.74. The molecule has 76 valence electrons. The second-order valence-corrected chi connectivity index (χ2v) is 3.52. The van der Waals surface area contributed by atoms with Crippen molar-refractivity contribution in [3.05, 3.63) is 34.3 Å². The summed E-state index contributed by atoms with van der Waals surface area (Å²) in [4.78, 5) is 15.0. The fourth-order valence-corrected chi connectivity index (χ4v) is 1.35. The van der Waals surface area contributed by atoms with Gasteiger partial charge in [0, 0.05) is 4.47 Å². The van der Waals surface area contributed by atoms with Crippen molar-refractivity contribution in [2.24, 2.45) is 5.90 Å². The molecule has 1 rings (SSSR count). The van der Waals surface area contributed by atoms with Crippen LogP contribution in [-0.4, -0.2) is 12.6 Å². The van der Waals surface area contributed by atoms with Gasteiger partial charge in [-0.05, 0) is 17.7 Å². The van der Waals surface area contributed by atoms with E-state index in [2.05, 4.69) is 20.8 Å². The van der Waals surface area contributed by atoms with Gasteiger partial charge in [0.1, 0.15) is 6.61 Å². The molecule has 0 aromatic heterocycles. The summed E-state index contributed by atoms with van der Waals surface area (Å²) in [6.45, 7) is -0.00433. The van der Waals surface area contributed by atoms with E-state index in [4.69, 9.17) is 10.6 Å². The van der Waals surface area contributed by atoms with Crippen molar-refractivity contribution in [3.8, 4) is 0 Å². The molecule has 0 atom stereocenters. The van der Waals surface area contributed by atoms with Crippen molar-refractivity contribution in [2.45, 2.75) is 6.61 Å². The molecule has 0 aliphatic heterocycles. The quantitative estimate of drug-likeness (QED) is 0.656. The molecular formula is C9H10BrNO3. The molecule has 1 aromatic rings. The Morgan fingerprint density at radius 1 is 1.50 bits per heavy atom. The van der Waals surface area contributed by atoms with Crippen LogP contribution in [0.25, 0.3) is 0 Å². The van der Waals surface area contributed by atoms with Crippen molar-refractivity contribution < 1.29 is 14.4 Å². The van der Waals surface area contributed by atoms with Crippen molar-refractivity contribution in [1.82, 2.24) is 0 Å². The second-order valence-electron chi connectivity index (χ2n) is 2.60. The van der Waals surface area contributed by atoms with E-state index >= 15 is 0 Å². The molecule has 2 N–H and O–H groups in total. The largest absolute Gasteiger partial charge is 0.459 e. The molecule has 0 spiro atoms. The highest BCUT2D eigenvalue weighted by Gasteiger charge is 2.02. The zero-order chi connectivity index (χ0) is 10.4. The Morgan fingerprint density at radius 3 is 2.93 bits per heavy atom. The first-order chi connectivity index (χ1) is 6.72. The van der Waals surface area contributed by atoms with Gasteiger partial charge in [-0.15, -0.1) is 0 Å². The first-order valence-corrected chi connectivity index (χ1v) is 4.73. The zero-order valence-corrected chi connectivity index (χ0v) is 8.99. The van der Waals surface area contributed by atoms with Crippen LogP contribution >= 0.6 is 15.9 Å². The predicted octanol–water partition coefficient (Wildman–Crippen LogP) is 1.38. The lowest BCUT2D eigenvalue weighted by molar-refractivity contribution is -0.150. The Hall–Kier alpha value is -0.910. The lowest BCUT2D eigenvalue weighted by Crippen LogP contribution is -2.15. The standard InChI is InChI=1S/C9H10BrNO3/c10-8-3-1-2-7(4-8)5-13-9(12)6-14-11/h1-4H,5-6,11H2. The minimum atomic E-state index is -0.479. The van der Waals surface area contributed by atoms with Crippen LogP contribution in [0.4, 0.5) is 0 Å². The first kappa shape index (κ1) is 11.2. The van der Waals surface area contributed by atoms with Crippen LogP contribution in [0.5, 0.6) is 0 Å². The maximum Gasteiger partial charge on any atom is 0.334 e. The molecule has 0 fully saturated rings. The Balaban J connectivity index is 2.41. The van der Waals surface area contributed by atoms with Gasteiger partial charge in [-0.1, -0.05) is 28.1 Å². The monoisotopic (exact) mass is 259 g/mol. The van der Waals surface area contributed by atoms with Crippen LogP contribution in [-0.2, 0) is 21.0 Å². The summed E-state index contributed by atoms with van der Waals surface area (Å²) >= 11 is 3.31. The van der Waals surface area contributed by atoms with Crippen LogP contribution < -0.4 is 5.90 Å². The third-order valence-corrected chi connectivity index (χ3v) is 1.98. The summed E-state index contributed by atoms with van der Waals surface area (Å²) in [6, 6.07) is 7.50. The van der Waals surface area contributed by atoms with E-state index in [1.807, 2.05) is 24.3 Å². The number of ether oxygens (including phenoxy) is 1. The van der Waals surface area contributed by atoms with Gasteiger partial charge in [0.05, 0.1) is 0 Å². The Morgan fingerprint density at radius 2 is 2.29 bits per heavy atom. The van der Waals surface area contributed by atoms with Gasteiger partial charge in [0.2, 0.25) is 0 Å². The van der Waals surface area contributed by atoms with E-state index in [0.29, 0.717) is 0 Å².